The molecule has 0 aliphatic carbocycles. The number of carbonyl (C=O) groups excluding carboxylic acids is 1. The Morgan fingerprint density at radius 2 is 2.16 bits per heavy atom. The second-order valence-corrected chi connectivity index (χ2v) is 3.78. The van der Waals surface area contributed by atoms with Gasteiger partial charge in [-0.1, -0.05) is 0 Å². The van der Waals surface area contributed by atoms with Crippen molar-refractivity contribution in [1.82, 2.24) is 5.43 Å². The van der Waals surface area contributed by atoms with Crippen LogP contribution in [0.3, 0.4) is 0 Å². The van der Waals surface area contributed by atoms with Crippen molar-refractivity contribution in [2.45, 2.75) is 13.8 Å². The van der Waals surface area contributed by atoms with Crippen LogP contribution in [-0.2, 0) is 4.74 Å². The zero-order valence-corrected chi connectivity index (χ0v) is 11.4. The Kier molecular flexibility index (Phi) is 5.66. The molecule has 1 rings (SSSR count). The summed E-state index contributed by atoms with van der Waals surface area (Å²) in [5.41, 5.74) is 3.62. The molecular formula is C13H19N3O3. The number of anilines is 1. The smallest absolute Gasteiger partial charge is 0.427 e. The van der Waals surface area contributed by atoms with Crippen LogP contribution in [-0.4, -0.2) is 37.6 Å². The number of nitrogens with zero attached hydrogens (tertiary/aromatic N) is 2. The van der Waals surface area contributed by atoms with E-state index in [2.05, 4.69) is 34.0 Å². The minimum absolute atomic E-state index is 0.111. The molecule has 1 aromatic carbocycles. The van der Waals surface area contributed by atoms with E-state index in [4.69, 9.17) is 0 Å². The summed E-state index contributed by atoms with van der Waals surface area (Å²) >= 11 is 0. The Balaban J connectivity index is 2.80. The van der Waals surface area contributed by atoms with Crippen LogP contribution in [0.2, 0.25) is 0 Å². The standard InChI is InChI=1S/C13H19N3O3/c1-4-16(5-2)11-7-6-10(12(17)8-11)9-14-15-13(18)19-3/h6-9,17H,4-5H2,1-3H3,(H,15,18). The minimum Gasteiger partial charge on any atom is -0.507 e. The molecule has 1 aromatic rings. The number of aromatic hydroxyl groups is 1. The van der Waals surface area contributed by atoms with Crippen LogP contribution in [0, 0.1) is 0 Å². The van der Waals surface area contributed by atoms with Gasteiger partial charge in [-0.3, -0.25) is 0 Å². The van der Waals surface area contributed by atoms with Crippen LogP contribution in [0.5, 0.6) is 5.75 Å². The molecule has 6 heteroatoms. The summed E-state index contributed by atoms with van der Waals surface area (Å²) in [4.78, 5) is 12.9. The number of phenols is 1. The van der Waals surface area contributed by atoms with E-state index in [1.807, 2.05) is 6.07 Å². The summed E-state index contributed by atoms with van der Waals surface area (Å²) in [6, 6.07) is 5.31. The quantitative estimate of drug-likeness (QED) is 0.630. The first kappa shape index (κ1) is 14.8. The average Bonchev–Trinajstić information content (AvgIpc) is 2.42. The molecule has 1 amide bonds. The molecule has 6 nitrogen and oxygen atoms in total. The van der Waals surface area contributed by atoms with Crippen molar-refractivity contribution >= 4 is 18.0 Å². The van der Waals surface area contributed by atoms with Gasteiger partial charge in [-0.15, -0.1) is 0 Å². The number of methoxy groups -OCH3 is 1. The summed E-state index contributed by atoms with van der Waals surface area (Å²) in [5, 5.41) is 13.6. The lowest BCUT2D eigenvalue weighted by Crippen LogP contribution is -2.21. The van der Waals surface area contributed by atoms with Crippen LogP contribution in [0.4, 0.5) is 10.5 Å². The summed E-state index contributed by atoms with van der Waals surface area (Å²) in [7, 11) is 1.25. The van der Waals surface area contributed by atoms with Crippen molar-refractivity contribution in [2.75, 3.05) is 25.1 Å². The van der Waals surface area contributed by atoms with Crippen molar-refractivity contribution in [2.24, 2.45) is 5.10 Å². The highest BCUT2D eigenvalue weighted by molar-refractivity contribution is 5.85. The van der Waals surface area contributed by atoms with Gasteiger partial charge in [-0.05, 0) is 26.0 Å². The molecule has 0 saturated heterocycles. The maximum absolute atomic E-state index is 10.8. The van der Waals surface area contributed by atoms with Crippen molar-refractivity contribution in [3.8, 4) is 5.75 Å². The first-order valence-corrected chi connectivity index (χ1v) is 6.07. The third-order valence-corrected chi connectivity index (χ3v) is 2.69. The lowest BCUT2D eigenvalue weighted by atomic mass is 10.2. The first-order valence-electron chi connectivity index (χ1n) is 6.07. The Bertz CT molecular complexity index is 456. The molecule has 0 fully saturated rings. The Labute approximate surface area is 112 Å². The Morgan fingerprint density at radius 3 is 2.68 bits per heavy atom. The highest BCUT2D eigenvalue weighted by atomic mass is 16.5. The van der Waals surface area contributed by atoms with Gasteiger partial charge in [0, 0.05) is 30.4 Å². The summed E-state index contributed by atoms with van der Waals surface area (Å²) in [6.07, 6.45) is 0.702. The highest BCUT2D eigenvalue weighted by Gasteiger charge is 2.05. The van der Waals surface area contributed by atoms with E-state index in [9.17, 15) is 9.90 Å². The number of carbonyl (C=O) groups is 1. The second kappa shape index (κ2) is 7.25. The minimum atomic E-state index is -0.657. The van der Waals surface area contributed by atoms with Gasteiger partial charge in [0.2, 0.25) is 0 Å². The van der Waals surface area contributed by atoms with Gasteiger partial charge in [0.1, 0.15) is 5.75 Å². The van der Waals surface area contributed by atoms with Gasteiger partial charge in [-0.25, -0.2) is 10.2 Å². The maximum Gasteiger partial charge on any atom is 0.427 e. The van der Waals surface area contributed by atoms with Crippen LogP contribution in [0.25, 0.3) is 0 Å². The molecule has 0 spiro atoms. The molecule has 104 valence electrons. The third kappa shape index (κ3) is 4.17. The van der Waals surface area contributed by atoms with Crippen LogP contribution in [0.1, 0.15) is 19.4 Å². The predicted octanol–water partition coefficient (Wildman–Crippen LogP) is 1.93. The zero-order valence-electron chi connectivity index (χ0n) is 11.4. The molecule has 19 heavy (non-hydrogen) atoms. The fourth-order valence-corrected chi connectivity index (χ4v) is 1.63. The van der Waals surface area contributed by atoms with Gasteiger partial charge in [0.15, 0.2) is 0 Å². The van der Waals surface area contributed by atoms with E-state index >= 15 is 0 Å². The molecule has 0 atom stereocenters. The molecule has 0 heterocycles. The van der Waals surface area contributed by atoms with Gasteiger partial charge >= 0.3 is 6.09 Å². The van der Waals surface area contributed by atoms with Crippen molar-refractivity contribution in [1.29, 1.82) is 0 Å². The van der Waals surface area contributed by atoms with Gasteiger partial charge < -0.3 is 14.7 Å². The topological polar surface area (TPSA) is 74.2 Å². The summed E-state index contributed by atoms with van der Waals surface area (Å²) in [5.74, 6) is 0.111. The van der Waals surface area contributed by atoms with E-state index < -0.39 is 6.09 Å². The number of benzene rings is 1. The summed E-state index contributed by atoms with van der Waals surface area (Å²) in [6.45, 7) is 5.84. The van der Waals surface area contributed by atoms with E-state index in [-0.39, 0.29) is 5.75 Å². The fraction of sp³-hybridized carbons (Fsp3) is 0.385. The molecule has 0 aromatic heterocycles. The molecular weight excluding hydrogens is 246 g/mol. The van der Waals surface area contributed by atoms with Crippen LogP contribution in [0.15, 0.2) is 23.3 Å². The van der Waals surface area contributed by atoms with Crippen molar-refractivity contribution in [3.05, 3.63) is 23.8 Å². The zero-order chi connectivity index (χ0) is 14.3. The molecule has 0 bridgehead atoms. The number of hydrazone groups is 1. The third-order valence-electron chi connectivity index (χ3n) is 2.69. The second-order valence-electron chi connectivity index (χ2n) is 3.78. The molecule has 2 N–H and O–H groups in total. The normalized spacial score (nSPS) is 10.5. The molecule has 0 unspecified atom stereocenters. The molecule has 0 aliphatic heterocycles. The Hall–Kier alpha value is -2.24. The monoisotopic (exact) mass is 265 g/mol. The van der Waals surface area contributed by atoms with Crippen LogP contribution >= 0.6 is 0 Å². The number of amides is 1. The Morgan fingerprint density at radius 1 is 1.47 bits per heavy atom. The molecule has 0 saturated carbocycles. The lowest BCUT2D eigenvalue weighted by molar-refractivity contribution is 0.171. The number of hydrogen-bond acceptors (Lipinski definition) is 5. The summed E-state index contributed by atoms with van der Waals surface area (Å²) < 4.78 is 4.37. The van der Waals surface area contributed by atoms with E-state index in [0.29, 0.717) is 5.56 Å². The number of nitrogens with one attached hydrogen (secondary N) is 1. The number of phenolic OH excluding ortho intramolecular Hbond substituents is 1. The van der Waals surface area contributed by atoms with Crippen molar-refractivity contribution < 1.29 is 14.6 Å². The van der Waals surface area contributed by atoms with Gasteiger partial charge in [0.05, 0.1) is 13.3 Å². The highest BCUT2D eigenvalue weighted by Crippen LogP contribution is 2.23. The lowest BCUT2D eigenvalue weighted by Gasteiger charge is -2.21. The largest absolute Gasteiger partial charge is 0.507 e. The number of rotatable bonds is 5. The molecule has 0 radical (unpaired) electrons. The van der Waals surface area contributed by atoms with Crippen molar-refractivity contribution in [3.63, 3.8) is 0 Å². The van der Waals surface area contributed by atoms with E-state index in [1.165, 1.54) is 13.3 Å². The first-order chi connectivity index (χ1) is 9.12. The van der Waals surface area contributed by atoms with Gasteiger partial charge in [0.25, 0.3) is 0 Å². The predicted molar refractivity (Wildman–Crippen MR) is 74.8 cm³/mol. The van der Waals surface area contributed by atoms with E-state index in [0.717, 1.165) is 18.8 Å². The number of hydrogen-bond donors (Lipinski definition) is 2. The maximum atomic E-state index is 10.8. The molecule has 0 aliphatic rings. The van der Waals surface area contributed by atoms with Gasteiger partial charge in [-0.2, -0.15) is 5.10 Å². The SMILES string of the molecule is CCN(CC)c1ccc(C=NNC(=O)OC)c(O)c1. The van der Waals surface area contributed by atoms with Crippen LogP contribution < -0.4 is 10.3 Å². The number of ether oxygens (including phenoxy) is 1. The van der Waals surface area contributed by atoms with E-state index in [1.54, 1.807) is 12.1 Å². The fourth-order valence-electron chi connectivity index (χ4n) is 1.63. The average molecular weight is 265 g/mol.